The molecule has 134 valence electrons. The first kappa shape index (κ1) is 18.7. The molecule has 0 nitrogen and oxygen atoms in total. The van der Waals surface area contributed by atoms with E-state index in [-0.39, 0.29) is 5.82 Å². The van der Waals surface area contributed by atoms with Gasteiger partial charge in [0.1, 0.15) is 5.82 Å². The lowest BCUT2D eigenvalue weighted by Crippen LogP contribution is -1.86. The van der Waals surface area contributed by atoms with E-state index in [0.717, 1.165) is 39.8 Å². The number of halogens is 1. The number of hydrogen-bond acceptors (Lipinski definition) is 0. The van der Waals surface area contributed by atoms with Gasteiger partial charge in [0.25, 0.3) is 0 Å². The molecule has 0 aliphatic rings. The number of benzene rings is 3. The Morgan fingerprint density at radius 2 is 1.63 bits per heavy atom. The van der Waals surface area contributed by atoms with Gasteiger partial charge in [-0.3, -0.25) is 0 Å². The quantitative estimate of drug-likeness (QED) is 0.364. The molecule has 0 spiro atoms. The minimum absolute atomic E-state index is 0.213. The van der Waals surface area contributed by atoms with Gasteiger partial charge in [0.05, 0.1) is 0 Å². The van der Waals surface area contributed by atoms with E-state index in [4.69, 9.17) is 0 Å². The summed E-state index contributed by atoms with van der Waals surface area (Å²) in [7, 11) is 0. The topological polar surface area (TPSA) is 0 Å². The maximum absolute atomic E-state index is 13.1. The predicted octanol–water partition coefficient (Wildman–Crippen LogP) is 6.66. The Balaban J connectivity index is 1.80. The Hall–Kier alpha value is -3.11. The highest BCUT2D eigenvalue weighted by molar-refractivity contribution is 5.80. The Morgan fingerprint density at radius 1 is 0.926 bits per heavy atom. The fourth-order valence-electron chi connectivity index (χ4n) is 2.93. The average molecular weight is 354 g/mol. The van der Waals surface area contributed by atoms with Gasteiger partial charge in [0.15, 0.2) is 0 Å². The summed E-state index contributed by atoms with van der Waals surface area (Å²) < 4.78 is 13.1. The van der Waals surface area contributed by atoms with E-state index in [2.05, 4.69) is 74.2 Å². The van der Waals surface area contributed by atoms with Gasteiger partial charge >= 0.3 is 0 Å². The smallest absolute Gasteiger partial charge is 0.123 e. The zero-order chi connectivity index (χ0) is 19.2. The minimum Gasteiger partial charge on any atom is -0.207 e. The predicted molar refractivity (Wildman–Crippen MR) is 113 cm³/mol. The van der Waals surface area contributed by atoms with Crippen molar-refractivity contribution < 1.29 is 4.39 Å². The monoisotopic (exact) mass is 354 g/mol. The maximum Gasteiger partial charge on any atom is 0.123 e. The summed E-state index contributed by atoms with van der Waals surface area (Å²) in [6, 6.07) is 21.3. The van der Waals surface area contributed by atoms with Crippen LogP contribution in [0.2, 0.25) is 0 Å². The van der Waals surface area contributed by atoms with Crippen molar-refractivity contribution in [2.24, 2.45) is 0 Å². The molecule has 0 amide bonds. The molecule has 0 radical (unpaired) electrons. The molecule has 0 fully saturated rings. The lowest BCUT2D eigenvalue weighted by molar-refractivity contribution is 0.627. The van der Waals surface area contributed by atoms with Gasteiger partial charge in [-0.2, -0.15) is 0 Å². The highest BCUT2D eigenvalue weighted by Crippen LogP contribution is 2.20. The highest BCUT2D eigenvalue weighted by atomic mass is 19.1. The molecule has 0 unspecified atom stereocenters. The third kappa shape index (κ3) is 4.96. The van der Waals surface area contributed by atoms with Crippen LogP contribution in [0.1, 0.15) is 47.2 Å². The fourth-order valence-corrected chi connectivity index (χ4v) is 2.93. The molecule has 0 aliphatic carbocycles. The third-order valence-electron chi connectivity index (χ3n) is 4.64. The Labute approximate surface area is 161 Å². The molecular weight excluding hydrogens is 331 g/mol. The first-order valence-corrected chi connectivity index (χ1v) is 9.21. The zero-order valence-corrected chi connectivity index (χ0v) is 16.0. The number of rotatable bonds is 3. The standard InChI is InChI=1S/C26H23F/c1-4-21-5-7-22(8-6-21)9-11-24-12-10-23(17-19(24)2)18-20(3)25-13-15-26(27)16-14-25/h5-8,10,12-18H,4H2,1-3H3/b20-18+. The summed E-state index contributed by atoms with van der Waals surface area (Å²) in [6.45, 7) is 6.27. The van der Waals surface area contributed by atoms with Crippen molar-refractivity contribution in [3.05, 3.63) is 106 Å². The average Bonchev–Trinajstić information content (AvgIpc) is 2.68. The normalized spacial score (nSPS) is 11.0. The molecule has 0 atom stereocenters. The summed E-state index contributed by atoms with van der Waals surface area (Å²) in [5.41, 5.74) is 7.77. The second kappa shape index (κ2) is 8.52. The van der Waals surface area contributed by atoms with E-state index < -0.39 is 0 Å². The van der Waals surface area contributed by atoms with Crippen LogP contribution in [0.4, 0.5) is 4.39 Å². The van der Waals surface area contributed by atoms with Crippen molar-refractivity contribution in [1.29, 1.82) is 0 Å². The lowest BCUT2D eigenvalue weighted by Gasteiger charge is -2.04. The molecule has 0 bridgehead atoms. The molecule has 0 heterocycles. The van der Waals surface area contributed by atoms with Crippen molar-refractivity contribution in [1.82, 2.24) is 0 Å². The molecule has 3 rings (SSSR count). The lowest BCUT2D eigenvalue weighted by atomic mass is 10.0. The Bertz CT molecular complexity index is 1010. The molecule has 0 aliphatic heterocycles. The summed E-state index contributed by atoms with van der Waals surface area (Å²) in [4.78, 5) is 0. The highest BCUT2D eigenvalue weighted by Gasteiger charge is 2.00. The van der Waals surface area contributed by atoms with Gasteiger partial charge in [-0.25, -0.2) is 4.39 Å². The van der Waals surface area contributed by atoms with Crippen LogP contribution in [0.15, 0.2) is 66.7 Å². The summed E-state index contributed by atoms with van der Waals surface area (Å²) >= 11 is 0. The first-order chi connectivity index (χ1) is 13.0. The van der Waals surface area contributed by atoms with Crippen molar-refractivity contribution in [3.63, 3.8) is 0 Å². The summed E-state index contributed by atoms with van der Waals surface area (Å²) in [5, 5.41) is 0. The molecular formula is C26H23F. The largest absolute Gasteiger partial charge is 0.207 e. The van der Waals surface area contributed by atoms with Crippen LogP contribution in [-0.2, 0) is 6.42 Å². The molecule has 3 aromatic carbocycles. The molecule has 0 N–H and O–H groups in total. The second-order valence-electron chi connectivity index (χ2n) is 6.71. The van der Waals surface area contributed by atoms with Gasteiger partial charge in [-0.1, -0.05) is 61.2 Å². The van der Waals surface area contributed by atoms with E-state index in [1.807, 2.05) is 6.92 Å². The van der Waals surface area contributed by atoms with E-state index >= 15 is 0 Å². The Morgan fingerprint density at radius 3 is 2.26 bits per heavy atom. The fraction of sp³-hybridized carbons (Fsp3) is 0.154. The van der Waals surface area contributed by atoms with Crippen LogP contribution in [0.5, 0.6) is 0 Å². The van der Waals surface area contributed by atoms with E-state index in [9.17, 15) is 4.39 Å². The van der Waals surface area contributed by atoms with E-state index in [0.29, 0.717) is 0 Å². The zero-order valence-electron chi connectivity index (χ0n) is 16.0. The number of hydrogen-bond donors (Lipinski definition) is 0. The van der Waals surface area contributed by atoms with Gasteiger partial charge in [0.2, 0.25) is 0 Å². The van der Waals surface area contributed by atoms with Crippen LogP contribution in [0.3, 0.4) is 0 Å². The molecule has 0 aromatic heterocycles. The second-order valence-corrected chi connectivity index (χ2v) is 6.71. The van der Waals surface area contributed by atoms with Crippen LogP contribution in [0, 0.1) is 24.6 Å². The van der Waals surface area contributed by atoms with Crippen LogP contribution >= 0.6 is 0 Å². The maximum atomic E-state index is 13.1. The van der Waals surface area contributed by atoms with Gasteiger partial charge in [-0.05, 0) is 78.4 Å². The molecule has 0 saturated heterocycles. The van der Waals surface area contributed by atoms with Crippen molar-refractivity contribution >= 4 is 11.6 Å². The van der Waals surface area contributed by atoms with E-state index in [1.54, 1.807) is 12.1 Å². The summed E-state index contributed by atoms with van der Waals surface area (Å²) in [6.07, 6.45) is 3.15. The van der Waals surface area contributed by atoms with Crippen molar-refractivity contribution in [2.75, 3.05) is 0 Å². The molecule has 0 saturated carbocycles. The Kier molecular flexibility index (Phi) is 5.89. The van der Waals surface area contributed by atoms with Gasteiger partial charge in [0, 0.05) is 11.1 Å². The van der Waals surface area contributed by atoms with Crippen LogP contribution in [0.25, 0.3) is 11.6 Å². The number of allylic oxidation sites excluding steroid dienone is 1. The molecule has 1 heteroatoms. The SMILES string of the molecule is CCc1ccc(C#Cc2ccc(/C=C(\C)c3ccc(F)cc3)cc2C)cc1. The molecule has 3 aromatic rings. The van der Waals surface area contributed by atoms with Crippen LogP contribution in [-0.4, -0.2) is 0 Å². The molecule has 27 heavy (non-hydrogen) atoms. The van der Waals surface area contributed by atoms with Crippen molar-refractivity contribution in [2.45, 2.75) is 27.2 Å². The van der Waals surface area contributed by atoms with Crippen molar-refractivity contribution in [3.8, 4) is 11.8 Å². The van der Waals surface area contributed by atoms with Gasteiger partial charge < -0.3 is 0 Å². The first-order valence-electron chi connectivity index (χ1n) is 9.21. The van der Waals surface area contributed by atoms with E-state index in [1.165, 1.54) is 17.7 Å². The minimum atomic E-state index is -0.213. The van der Waals surface area contributed by atoms with Gasteiger partial charge in [-0.15, -0.1) is 0 Å². The summed E-state index contributed by atoms with van der Waals surface area (Å²) in [5.74, 6) is 6.30. The number of aryl methyl sites for hydroxylation is 2. The third-order valence-corrected chi connectivity index (χ3v) is 4.64. The van der Waals surface area contributed by atoms with Crippen LogP contribution < -0.4 is 0 Å².